The van der Waals surface area contributed by atoms with E-state index in [1.54, 1.807) is 6.07 Å². The molecule has 0 amide bonds. The van der Waals surface area contributed by atoms with E-state index in [-0.39, 0.29) is 18.2 Å². The fourth-order valence-corrected chi connectivity index (χ4v) is 1.27. The number of nitrogen functional groups attached to an aromatic ring is 1. The number of fused-ring (bicyclic) bond motifs is 1. The number of nitrogens with two attached hydrogens (primary N) is 1. The number of nitrogens with zero attached hydrogens (tertiary/aromatic N) is 1. The van der Waals surface area contributed by atoms with Crippen LogP contribution in [0.25, 0.3) is 10.9 Å². The van der Waals surface area contributed by atoms with Gasteiger partial charge in [-0.3, -0.25) is 0 Å². The molecule has 0 fully saturated rings. The van der Waals surface area contributed by atoms with Crippen LogP contribution in [0, 0.1) is 12.7 Å². The third kappa shape index (κ3) is 1.77. The second-order valence-electron chi connectivity index (χ2n) is 3.03. The predicted molar refractivity (Wildman–Crippen MR) is 58.1 cm³/mol. The van der Waals surface area contributed by atoms with Gasteiger partial charge in [0.15, 0.2) is 0 Å². The number of hydrogen-bond acceptors (Lipinski definition) is 2. The minimum Gasteiger partial charge on any atom is -0.383 e. The molecule has 4 heteroatoms. The maximum absolute atomic E-state index is 12.8. The molecule has 1 aromatic heterocycles. The lowest BCUT2D eigenvalue weighted by Crippen LogP contribution is -1.94. The number of anilines is 1. The number of rotatable bonds is 0. The molecule has 0 aliphatic carbocycles. The quantitative estimate of drug-likeness (QED) is 0.729. The lowest BCUT2D eigenvalue weighted by molar-refractivity contribution is 0.629. The average molecular weight is 213 g/mol. The van der Waals surface area contributed by atoms with Gasteiger partial charge in [0.1, 0.15) is 11.6 Å². The summed E-state index contributed by atoms with van der Waals surface area (Å²) in [5.41, 5.74) is 7.22. The SMILES string of the molecule is Cc1cc2cc(F)ccc2nc1N.Cl. The summed E-state index contributed by atoms with van der Waals surface area (Å²) >= 11 is 0. The monoisotopic (exact) mass is 212 g/mol. The van der Waals surface area contributed by atoms with Crippen LogP contribution in [0.2, 0.25) is 0 Å². The van der Waals surface area contributed by atoms with Crippen molar-refractivity contribution < 1.29 is 4.39 Å². The van der Waals surface area contributed by atoms with Crippen molar-refractivity contribution >= 4 is 29.1 Å². The molecule has 0 spiro atoms. The normalized spacial score (nSPS) is 9.86. The van der Waals surface area contributed by atoms with Crippen LogP contribution in [-0.2, 0) is 0 Å². The number of halogens is 2. The summed E-state index contributed by atoms with van der Waals surface area (Å²) in [7, 11) is 0. The molecule has 14 heavy (non-hydrogen) atoms. The second-order valence-corrected chi connectivity index (χ2v) is 3.03. The van der Waals surface area contributed by atoms with Crippen molar-refractivity contribution in [1.82, 2.24) is 4.98 Å². The predicted octanol–water partition coefficient (Wildman–Crippen LogP) is 2.69. The van der Waals surface area contributed by atoms with Crippen LogP contribution >= 0.6 is 12.4 Å². The first-order valence-corrected chi connectivity index (χ1v) is 3.99. The van der Waals surface area contributed by atoms with E-state index < -0.39 is 0 Å². The third-order valence-corrected chi connectivity index (χ3v) is 2.01. The Hall–Kier alpha value is -1.35. The third-order valence-electron chi connectivity index (χ3n) is 2.01. The minimum absolute atomic E-state index is 0. The average Bonchev–Trinajstić information content (AvgIpc) is 2.08. The first kappa shape index (κ1) is 10.7. The maximum atomic E-state index is 12.8. The van der Waals surface area contributed by atoms with E-state index in [2.05, 4.69) is 4.98 Å². The van der Waals surface area contributed by atoms with Gasteiger partial charge in [0.2, 0.25) is 0 Å². The van der Waals surface area contributed by atoms with E-state index in [0.29, 0.717) is 5.82 Å². The number of aromatic nitrogens is 1. The summed E-state index contributed by atoms with van der Waals surface area (Å²) in [6, 6.07) is 6.29. The Kier molecular flexibility index (Phi) is 2.91. The van der Waals surface area contributed by atoms with Gasteiger partial charge in [-0.2, -0.15) is 0 Å². The molecule has 0 aliphatic heterocycles. The zero-order valence-electron chi connectivity index (χ0n) is 7.62. The van der Waals surface area contributed by atoms with Gasteiger partial charge in [0, 0.05) is 5.39 Å². The van der Waals surface area contributed by atoms with Gasteiger partial charge < -0.3 is 5.73 Å². The van der Waals surface area contributed by atoms with Gasteiger partial charge in [0.25, 0.3) is 0 Å². The largest absolute Gasteiger partial charge is 0.383 e. The molecule has 0 saturated heterocycles. The molecule has 1 aromatic carbocycles. The Morgan fingerprint density at radius 3 is 2.71 bits per heavy atom. The van der Waals surface area contributed by atoms with Crippen molar-refractivity contribution in [3.63, 3.8) is 0 Å². The van der Waals surface area contributed by atoms with Crippen molar-refractivity contribution in [2.24, 2.45) is 0 Å². The van der Waals surface area contributed by atoms with Crippen LogP contribution in [0.4, 0.5) is 10.2 Å². The van der Waals surface area contributed by atoms with Gasteiger partial charge in [-0.25, -0.2) is 9.37 Å². The number of benzene rings is 1. The highest BCUT2D eigenvalue weighted by molar-refractivity contribution is 5.85. The first-order valence-electron chi connectivity index (χ1n) is 3.99. The minimum atomic E-state index is -0.251. The molecule has 0 atom stereocenters. The highest BCUT2D eigenvalue weighted by Crippen LogP contribution is 2.18. The molecule has 74 valence electrons. The standard InChI is InChI=1S/C10H9FN2.ClH/c1-6-4-7-5-8(11)2-3-9(7)13-10(6)12;/h2-5H,1H3,(H2,12,13);1H. The van der Waals surface area contributed by atoms with E-state index in [0.717, 1.165) is 16.5 Å². The smallest absolute Gasteiger partial charge is 0.127 e. The van der Waals surface area contributed by atoms with Crippen molar-refractivity contribution in [3.05, 3.63) is 35.6 Å². The Bertz CT molecular complexity index is 471. The summed E-state index contributed by atoms with van der Waals surface area (Å²) < 4.78 is 12.8. The van der Waals surface area contributed by atoms with Crippen molar-refractivity contribution in [2.45, 2.75) is 6.92 Å². The Labute approximate surface area is 87.4 Å². The number of hydrogen-bond donors (Lipinski definition) is 1. The van der Waals surface area contributed by atoms with Crippen LogP contribution in [0.3, 0.4) is 0 Å². The van der Waals surface area contributed by atoms with Crippen LogP contribution in [0.5, 0.6) is 0 Å². The van der Waals surface area contributed by atoms with Crippen molar-refractivity contribution in [3.8, 4) is 0 Å². The van der Waals surface area contributed by atoms with E-state index in [9.17, 15) is 4.39 Å². The Balaban J connectivity index is 0.000000980. The van der Waals surface area contributed by atoms with Gasteiger partial charge >= 0.3 is 0 Å². The van der Waals surface area contributed by atoms with Gasteiger partial charge in [-0.15, -0.1) is 12.4 Å². The van der Waals surface area contributed by atoms with Crippen molar-refractivity contribution in [2.75, 3.05) is 5.73 Å². The molecule has 2 rings (SSSR count). The molecular formula is C10H10ClFN2. The van der Waals surface area contributed by atoms with E-state index in [1.165, 1.54) is 12.1 Å². The van der Waals surface area contributed by atoms with E-state index in [4.69, 9.17) is 5.73 Å². The zero-order chi connectivity index (χ0) is 9.42. The molecule has 0 radical (unpaired) electrons. The summed E-state index contributed by atoms with van der Waals surface area (Å²) in [5.74, 6) is 0.248. The molecule has 2 aromatic rings. The zero-order valence-corrected chi connectivity index (χ0v) is 8.44. The van der Waals surface area contributed by atoms with Crippen molar-refractivity contribution in [1.29, 1.82) is 0 Å². The Morgan fingerprint density at radius 1 is 1.29 bits per heavy atom. The fourth-order valence-electron chi connectivity index (χ4n) is 1.27. The van der Waals surface area contributed by atoms with Crippen LogP contribution in [0.1, 0.15) is 5.56 Å². The molecule has 0 saturated carbocycles. The first-order chi connectivity index (χ1) is 6.16. The summed E-state index contributed by atoms with van der Waals surface area (Å²) in [6.07, 6.45) is 0. The number of pyridine rings is 1. The highest BCUT2D eigenvalue weighted by atomic mass is 35.5. The van der Waals surface area contributed by atoms with Crippen LogP contribution in [-0.4, -0.2) is 4.98 Å². The lowest BCUT2D eigenvalue weighted by Gasteiger charge is -2.02. The topological polar surface area (TPSA) is 38.9 Å². The molecule has 0 aliphatic rings. The van der Waals surface area contributed by atoms with Gasteiger partial charge in [-0.05, 0) is 36.8 Å². The van der Waals surface area contributed by atoms with Gasteiger partial charge in [0.05, 0.1) is 5.52 Å². The highest BCUT2D eigenvalue weighted by Gasteiger charge is 2.00. The molecule has 2 N–H and O–H groups in total. The number of aryl methyl sites for hydroxylation is 1. The molecule has 1 heterocycles. The molecule has 0 bridgehead atoms. The molecular weight excluding hydrogens is 203 g/mol. The Morgan fingerprint density at radius 2 is 2.00 bits per heavy atom. The summed E-state index contributed by atoms with van der Waals surface area (Å²) in [5, 5.41) is 0.784. The summed E-state index contributed by atoms with van der Waals surface area (Å²) in [4.78, 5) is 4.13. The molecule has 2 nitrogen and oxygen atoms in total. The van der Waals surface area contributed by atoms with Gasteiger partial charge in [-0.1, -0.05) is 0 Å². The fraction of sp³-hybridized carbons (Fsp3) is 0.100. The summed E-state index contributed by atoms with van der Waals surface area (Å²) in [6.45, 7) is 1.85. The second kappa shape index (κ2) is 3.80. The van der Waals surface area contributed by atoms with Crippen LogP contribution in [0.15, 0.2) is 24.3 Å². The van der Waals surface area contributed by atoms with E-state index in [1.807, 2.05) is 13.0 Å². The molecule has 0 unspecified atom stereocenters. The van der Waals surface area contributed by atoms with Crippen LogP contribution < -0.4 is 5.73 Å². The van der Waals surface area contributed by atoms with E-state index >= 15 is 0 Å². The maximum Gasteiger partial charge on any atom is 0.127 e. The lowest BCUT2D eigenvalue weighted by atomic mass is 10.1.